The number of hydrogen-bond acceptors (Lipinski definition) is 5. The highest BCUT2D eigenvalue weighted by molar-refractivity contribution is 7.98. The fourth-order valence-corrected chi connectivity index (χ4v) is 3.93. The third-order valence-corrected chi connectivity index (χ3v) is 5.76. The molecule has 0 fully saturated rings. The standard InChI is InChI=1S/C21H18ClN5O2S/c1-14-4-2-3-5-17(14)24-18(28)12-27-21(29)26-11-10-23-20(19(26)25-27)30-13-15-6-8-16(22)9-7-15/h2-11H,12-13H2,1H3,(H,24,28). The first kappa shape index (κ1) is 20.2. The van der Waals surface area contributed by atoms with Crippen LogP contribution < -0.4 is 11.0 Å². The molecule has 4 rings (SSSR count). The van der Waals surface area contributed by atoms with Crippen LogP contribution in [0.4, 0.5) is 5.69 Å². The molecule has 7 nitrogen and oxygen atoms in total. The number of carbonyl (C=O) groups is 1. The number of aromatic nitrogens is 4. The first-order chi connectivity index (χ1) is 14.5. The number of para-hydroxylation sites is 1. The highest BCUT2D eigenvalue weighted by Crippen LogP contribution is 2.24. The van der Waals surface area contributed by atoms with E-state index in [1.807, 2.05) is 55.5 Å². The second-order valence-corrected chi connectivity index (χ2v) is 8.04. The second-order valence-electron chi connectivity index (χ2n) is 6.64. The summed E-state index contributed by atoms with van der Waals surface area (Å²) >= 11 is 7.39. The Morgan fingerprint density at radius 2 is 1.93 bits per heavy atom. The van der Waals surface area contributed by atoms with Gasteiger partial charge in [-0.2, -0.15) is 0 Å². The van der Waals surface area contributed by atoms with Crippen molar-refractivity contribution in [1.82, 2.24) is 19.2 Å². The van der Waals surface area contributed by atoms with Crippen LogP contribution in [0.2, 0.25) is 5.02 Å². The number of rotatable bonds is 6. The van der Waals surface area contributed by atoms with Crippen LogP contribution in [-0.4, -0.2) is 25.1 Å². The smallest absolute Gasteiger partial charge is 0.324 e. The van der Waals surface area contributed by atoms with E-state index in [1.54, 1.807) is 12.4 Å². The van der Waals surface area contributed by atoms with Crippen molar-refractivity contribution in [1.29, 1.82) is 0 Å². The minimum absolute atomic E-state index is 0.184. The van der Waals surface area contributed by atoms with Crippen LogP contribution in [0.25, 0.3) is 5.65 Å². The lowest BCUT2D eigenvalue weighted by Gasteiger charge is -2.07. The molecule has 2 heterocycles. The van der Waals surface area contributed by atoms with Gasteiger partial charge in [0.15, 0.2) is 5.65 Å². The number of anilines is 1. The Morgan fingerprint density at radius 3 is 2.70 bits per heavy atom. The molecule has 0 saturated carbocycles. The number of fused-ring (bicyclic) bond motifs is 1. The summed E-state index contributed by atoms with van der Waals surface area (Å²) in [5.74, 6) is 0.330. The van der Waals surface area contributed by atoms with Crippen LogP contribution in [0, 0.1) is 6.92 Å². The molecule has 4 aromatic rings. The maximum Gasteiger partial charge on any atom is 0.350 e. The fourth-order valence-electron chi connectivity index (χ4n) is 2.90. The summed E-state index contributed by atoms with van der Waals surface area (Å²) in [4.78, 5) is 29.5. The lowest BCUT2D eigenvalue weighted by molar-refractivity contribution is -0.117. The number of benzene rings is 2. The van der Waals surface area contributed by atoms with Crippen LogP contribution in [-0.2, 0) is 17.1 Å². The van der Waals surface area contributed by atoms with Crippen LogP contribution >= 0.6 is 23.4 Å². The molecule has 0 radical (unpaired) electrons. The monoisotopic (exact) mass is 439 g/mol. The van der Waals surface area contributed by atoms with Crippen LogP contribution in [0.5, 0.6) is 0 Å². The molecule has 0 unspecified atom stereocenters. The Morgan fingerprint density at radius 1 is 1.17 bits per heavy atom. The SMILES string of the molecule is Cc1ccccc1NC(=O)Cn1nc2c(SCc3ccc(Cl)cc3)nccn2c1=O. The van der Waals surface area contributed by atoms with Gasteiger partial charge in [-0.3, -0.25) is 4.79 Å². The number of amides is 1. The molecule has 0 atom stereocenters. The first-order valence-electron chi connectivity index (χ1n) is 9.18. The second kappa shape index (κ2) is 8.73. The summed E-state index contributed by atoms with van der Waals surface area (Å²) < 4.78 is 2.55. The van der Waals surface area contributed by atoms with Crippen molar-refractivity contribution in [3.63, 3.8) is 0 Å². The quantitative estimate of drug-likeness (QED) is 0.462. The van der Waals surface area contributed by atoms with E-state index in [-0.39, 0.29) is 18.1 Å². The third-order valence-electron chi connectivity index (χ3n) is 4.47. The lowest BCUT2D eigenvalue weighted by atomic mass is 10.2. The zero-order chi connectivity index (χ0) is 21.1. The van der Waals surface area contributed by atoms with E-state index in [9.17, 15) is 9.59 Å². The zero-order valence-electron chi connectivity index (χ0n) is 16.1. The molecule has 30 heavy (non-hydrogen) atoms. The molecule has 0 aliphatic rings. The highest BCUT2D eigenvalue weighted by atomic mass is 35.5. The van der Waals surface area contributed by atoms with E-state index in [1.165, 1.54) is 16.2 Å². The van der Waals surface area contributed by atoms with Crippen molar-refractivity contribution in [2.24, 2.45) is 0 Å². The number of nitrogens with one attached hydrogen (secondary N) is 1. The molecular weight excluding hydrogens is 422 g/mol. The summed E-state index contributed by atoms with van der Waals surface area (Å²) in [6, 6.07) is 15.0. The van der Waals surface area contributed by atoms with Gasteiger partial charge in [-0.15, -0.1) is 5.10 Å². The topological polar surface area (TPSA) is 81.3 Å². The molecule has 0 aliphatic carbocycles. The minimum atomic E-state index is -0.388. The van der Waals surface area contributed by atoms with Gasteiger partial charge in [-0.1, -0.05) is 53.7 Å². The third kappa shape index (κ3) is 4.39. The lowest BCUT2D eigenvalue weighted by Crippen LogP contribution is -2.28. The van der Waals surface area contributed by atoms with Gasteiger partial charge < -0.3 is 5.32 Å². The van der Waals surface area contributed by atoms with Gasteiger partial charge in [0.1, 0.15) is 11.6 Å². The molecule has 1 N–H and O–H groups in total. The van der Waals surface area contributed by atoms with E-state index in [0.717, 1.165) is 15.8 Å². The van der Waals surface area contributed by atoms with Crippen molar-refractivity contribution < 1.29 is 4.79 Å². The van der Waals surface area contributed by atoms with Crippen LogP contribution in [0.1, 0.15) is 11.1 Å². The van der Waals surface area contributed by atoms with Crippen molar-refractivity contribution in [3.8, 4) is 0 Å². The molecule has 0 spiro atoms. The Labute approximate surface area is 181 Å². The van der Waals surface area contributed by atoms with Crippen LogP contribution in [0.3, 0.4) is 0 Å². The molecule has 2 aromatic heterocycles. The fraction of sp³-hybridized carbons (Fsp3) is 0.143. The highest BCUT2D eigenvalue weighted by Gasteiger charge is 2.15. The summed E-state index contributed by atoms with van der Waals surface area (Å²) in [6.45, 7) is 1.72. The van der Waals surface area contributed by atoms with Crippen LogP contribution in [0.15, 0.2) is 70.7 Å². The molecule has 0 saturated heterocycles. The Kier molecular flexibility index (Phi) is 5.87. The molecule has 2 aromatic carbocycles. The predicted molar refractivity (Wildman–Crippen MR) is 118 cm³/mol. The molecule has 0 aliphatic heterocycles. The van der Waals surface area contributed by atoms with Crippen molar-refractivity contribution in [2.75, 3.05) is 5.32 Å². The first-order valence-corrected chi connectivity index (χ1v) is 10.5. The van der Waals surface area contributed by atoms with Gasteiger partial charge in [0, 0.05) is 28.9 Å². The maximum atomic E-state index is 12.7. The predicted octanol–water partition coefficient (Wildman–Crippen LogP) is 3.78. The summed E-state index contributed by atoms with van der Waals surface area (Å²) in [6.07, 6.45) is 3.10. The summed E-state index contributed by atoms with van der Waals surface area (Å²) in [7, 11) is 0. The average Bonchev–Trinajstić information content (AvgIpc) is 3.05. The Balaban J connectivity index is 1.53. The number of aryl methyl sites for hydroxylation is 1. The number of halogens is 1. The summed E-state index contributed by atoms with van der Waals surface area (Å²) in [5, 5.41) is 8.45. The molecule has 9 heteroatoms. The van der Waals surface area contributed by atoms with E-state index < -0.39 is 0 Å². The van der Waals surface area contributed by atoms with E-state index >= 15 is 0 Å². The summed E-state index contributed by atoms with van der Waals surface area (Å²) in [5.41, 5.74) is 2.76. The zero-order valence-corrected chi connectivity index (χ0v) is 17.7. The Hall–Kier alpha value is -3.10. The normalized spacial score (nSPS) is 11.0. The minimum Gasteiger partial charge on any atom is -0.324 e. The van der Waals surface area contributed by atoms with Crippen molar-refractivity contribution >= 4 is 40.6 Å². The van der Waals surface area contributed by atoms with Gasteiger partial charge in [0.25, 0.3) is 0 Å². The van der Waals surface area contributed by atoms with E-state index in [2.05, 4.69) is 15.4 Å². The number of nitrogens with zero attached hydrogens (tertiary/aromatic N) is 4. The van der Waals surface area contributed by atoms with Crippen molar-refractivity contribution in [3.05, 3.63) is 87.6 Å². The number of carbonyl (C=O) groups excluding carboxylic acids is 1. The van der Waals surface area contributed by atoms with Gasteiger partial charge >= 0.3 is 5.69 Å². The molecule has 152 valence electrons. The van der Waals surface area contributed by atoms with E-state index in [4.69, 9.17) is 11.6 Å². The largest absolute Gasteiger partial charge is 0.350 e. The average molecular weight is 440 g/mol. The number of hydrogen-bond donors (Lipinski definition) is 1. The van der Waals surface area contributed by atoms with Gasteiger partial charge in [-0.05, 0) is 36.2 Å². The Bertz CT molecular complexity index is 1270. The van der Waals surface area contributed by atoms with Gasteiger partial charge in [-0.25, -0.2) is 18.9 Å². The van der Waals surface area contributed by atoms with E-state index in [0.29, 0.717) is 27.1 Å². The number of thioether (sulfide) groups is 1. The maximum absolute atomic E-state index is 12.7. The molecule has 1 amide bonds. The van der Waals surface area contributed by atoms with Gasteiger partial charge in [0.05, 0.1) is 0 Å². The molecule has 0 bridgehead atoms. The molecular formula is C21H18ClN5O2S. The van der Waals surface area contributed by atoms with Gasteiger partial charge in [0.2, 0.25) is 5.91 Å². The van der Waals surface area contributed by atoms with Crippen molar-refractivity contribution in [2.45, 2.75) is 24.2 Å².